The van der Waals surface area contributed by atoms with Crippen LogP contribution in [-0.2, 0) is 6.54 Å². The van der Waals surface area contributed by atoms with Crippen molar-refractivity contribution in [2.75, 3.05) is 26.2 Å². The van der Waals surface area contributed by atoms with Gasteiger partial charge in [-0.15, -0.1) is 11.3 Å². The second kappa shape index (κ2) is 6.53. The van der Waals surface area contributed by atoms with E-state index >= 15 is 0 Å². The third-order valence-corrected chi connectivity index (χ3v) is 3.83. The van der Waals surface area contributed by atoms with E-state index in [0.717, 1.165) is 17.6 Å². The van der Waals surface area contributed by atoms with Gasteiger partial charge in [0.05, 0.1) is 6.61 Å². The van der Waals surface area contributed by atoms with Gasteiger partial charge in [0, 0.05) is 35.5 Å². The first-order chi connectivity index (χ1) is 6.77. The predicted octanol–water partition coefficient (Wildman–Crippen LogP) is 1.26. The fourth-order valence-corrected chi connectivity index (χ4v) is 2.75. The van der Waals surface area contributed by atoms with Crippen molar-refractivity contribution in [2.45, 2.75) is 6.54 Å². The summed E-state index contributed by atoms with van der Waals surface area (Å²) in [6.45, 7) is 3.18. The van der Waals surface area contributed by atoms with Crippen LogP contribution in [0.1, 0.15) is 4.88 Å². The van der Waals surface area contributed by atoms with Crippen molar-refractivity contribution in [3.8, 4) is 0 Å². The average Bonchev–Trinajstić information content (AvgIpc) is 2.53. The van der Waals surface area contributed by atoms with Gasteiger partial charge in [0.15, 0.2) is 0 Å². The molecule has 80 valence electrons. The largest absolute Gasteiger partial charge is 0.395 e. The van der Waals surface area contributed by atoms with E-state index in [1.165, 1.54) is 4.88 Å². The summed E-state index contributed by atoms with van der Waals surface area (Å²) < 4.78 is 1.14. The van der Waals surface area contributed by atoms with Gasteiger partial charge in [-0.05, 0) is 27.4 Å². The molecule has 0 amide bonds. The van der Waals surface area contributed by atoms with Gasteiger partial charge in [0.1, 0.15) is 0 Å². The van der Waals surface area contributed by atoms with Crippen LogP contribution < -0.4 is 5.73 Å². The molecule has 0 saturated heterocycles. The van der Waals surface area contributed by atoms with E-state index in [4.69, 9.17) is 10.8 Å². The Hall–Kier alpha value is 0.0600. The zero-order valence-corrected chi connectivity index (χ0v) is 10.4. The maximum absolute atomic E-state index is 8.87. The zero-order valence-electron chi connectivity index (χ0n) is 7.95. The Balaban J connectivity index is 2.50. The average molecular weight is 279 g/mol. The van der Waals surface area contributed by atoms with Crippen molar-refractivity contribution in [2.24, 2.45) is 5.73 Å². The molecule has 0 atom stereocenters. The first-order valence-corrected chi connectivity index (χ1v) is 6.20. The SMILES string of the molecule is NCCN(CCO)Cc1sccc1Br. The van der Waals surface area contributed by atoms with Crippen molar-refractivity contribution < 1.29 is 5.11 Å². The number of thiophene rings is 1. The molecular weight excluding hydrogens is 264 g/mol. The van der Waals surface area contributed by atoms with Crippen LogP contribution in [0.25, 0.3) is 0 Å². The molecule has 1 heterocycles. The van der Waals surface area contributed by atoms with Crippen LogP contribution >= 0.6 is 27.3 Å². The van der Waals surface area contributed by atoms with Crippen LogP contribution in [0.3, 0.4) is 0 Å². The van der Waals surface area contributed by atoms with E-state index in [1.807, 2.05) is 6.07 Å². The van der Waals surface area contributed by atoms with Crippen LogP contribution in [0.2, 0.25) is 0 Å². The van der Waals surface area contributed by atoms with Crippen LogP contribution in [0, 0.1) is 0 Å². The van der Waals surface area contributed by atoms with E-state index in [1.54, 1.807) is 11.3 Å². The number of halogens is 1. The Bertz CT molecular complexity index is 261. The lowest BCUT2D eigenvalue weighted by Gasteiger charge is -2.19. The Labute approximate surface area is 96.7 Å². The third-order valence-electron chi connectivity index (χ3n) is 1.92. The molecule has 14 heavy (non-hydrogen) atoms. The molecule has 0 aliphatic rings. The summed E-state index contributed by atoms with van der Waals surface area (Å²) in [5.74, 6) is 0. The van der Waals surface area contributed by atoms with Gasteiger partial charge < -0.3 is 10.8 Å². The van der Waals surface area contributed by atoms with Gasteiger partial charge in [-0.25, -0.2) is 0 Å². The second-order valence-electron chi connectivity index (χ2n) is 2.98. The summed E-state index contributed by atoms with van der Waals surface area (Å²) in [6.07, 6.45) is 0. The van der Waals surface area contributed by atoms with Crippen molar-refractivity contribution in [1.82, 2.24) is 4.90 Å². The lowest BCUT2D eigenvalue weighted by Crippen LogP contribution is -2.31. The Morgan fingerprint density at radius 2 is 2.29 bits per heavy atom. The summed E-state index contributed by atoms with van der Waals surface area (Å²) in [5.41, 5.74) is 5.50. The van der Waals surface area contributed by atoms with Gasteiger partial charge in [0.25, 0.3) is 0 Å². The number of aliphatic hydroxyl groups is 1. The van der Waals surface area contributed by atoms with E-state index in [9.17, 15) is 0 Å². The smallest absolute Gasteiger partial charge is 0.0558 e. The molecule has 1 aromatic heterocycles. The number of hydrogen-bond acceptors (Lipinski definition) is 4. The zero-order chi connectivity index (χ0) is 10.4. The van der Waals surface area contributed by atoms with Crippen LogP contribution in [0.4, 0.5) is 0 Å². The highest BCUT2D eigenvalue weighted by atomic mass is 79.9. The predicted molar refractivity (Wildman–Crippen MR) is 63.4 cm³/mol. The minimum Gasteiger partial charge on any atom is -0.395 e. The molecule has 0 aliphatic heterocycles. The van der Waals surface area contributed by atoms with E-state index in [2.05, 4.69) is 26.2 Å². The Morgan fingerprint density at radius 1 is 1.50 bits per heavy atom. The van der Waals surface area contributed by atoms with Crippen LogP contribution in [0.5, 0.6) is 0 Å². The first-order valence-electron chi connectivity index (χ1n) is 4.53. The molecule has 3 N–H and O–H groups in total. The molecule has 0 bridgehead atoms. The maximum atomic E-state index is 8.87. The van der Waals surface area contributed by atoms with Gasteiger partial charge in [-0.2, -0.15) is 0 Å². The number of aliphatic hydroxyl groups excluding tert-OH is 1. The van der Waals surface area contributed by atoms with Crippen molar-refractivity contribution in [3.05, 3.63) is 20.8 Å². The van der Waals surface area contributed by atoms with Crippen molar-refractivity contribution in [3.63, 3.8) is 0 Å². The van der Waals surface area contributed by atoms with E-state index in [-0.39, 0.29) is 6.61 Å². The highest BCUT2D eigenvalue weighted by Crippen LogP contribution is 2.23. The molecule has 0 aromatic carbocycles. The molecule has 1 rings (SSSR count). The molecule has 0 aliphatic carbocycles. The highest BCUT2D eigenvalue weighted by Gasteiger charge is 2.07. The number of nitrogens with two attached hydrogens (primary N) is 1. The standard InChI is InChI=1S/C9H15BrN2OS/c10-8-1-6-14-9(8)7-12(3-2-11)4-5-13/h1,6,13H,2-5,7,11H2. The fraction of sp³-hybridized carbons (Fsp3) is 0.556. The van der Waals surface area contributed by atoms with Gasteiger partial charge in [-0.3, -0.25) is 4.90 Å². The summed E-state index contributed by atoms with van der Waals surface area (Å²) >= 11 is 5.21. The number of rotatable bonds is 6. The second-order valence-corrected chi connectivity index (χ2v) is 4.84. The third kappa shape index (κ3) is 3.67. The van der Waals surface area contributed by atoms with Gasteiger partial charge in [0.2, 0.25) is 0 Å². The lowest BCUT2D eigenvalue weighted by molar-refractivity contribution is 0.194. The number of hydrogen-bond donors (Lipinski definition) is 2. The minimum absolute atomic E-state index is 0.184. The van der Waals surface area contributed by atoms with Crippen molar-refractivity contribution >= 4 is 27.3 Å². The normalized spacial score (nSPS) is 11.1. The molecule has 1 aromatic rings. The van der Waals surface area contributed by atoms with E-state index < -0.39 is 0 Å². The Morgan fingerprint density at radius 3 is 2.79 bits per heavy atom. The lowest BCUT2D eigenvalue weighted by atomic mass is 10.4. The quantitative estimate of drug-likeness (QED) is 0.824. The molecular formula is C9H15BrN2OS. The summed E-state index contributed by atoms with van der Waals surface area (Å²) in [6, 6.07) is 2.04. The van der Waals surface area contributed by atoms with Gasteiger partial charge >= 0.3 is 0 Å². The Kier molecular flexibility index (Phi) is 5.66. The molecule has 0 unspecified atom stereocenters. The first kappa shape index (κ1) is 12.1. The maximum Gasteiger partial charge on any atom is 0.0558 e. The highest BCUT2D eigenvalue weighted by molar-refractivity contribution is 9.10. The molecule has 0 spiro atoms. The monoisotopic (exact) mass is 278 g/mol. The van der Waals surface area contributed by atoms with Crippen LogP contribution in [-0.4, -0.2) is 36.2 Å². The van der Waals surface area contributed by atoms with Crippen LogP contribution in [0.15, 0.2) is 15.9 Å². The number of nitrogens with zero attached hydrogens (tertiary/aromatic N) is 1. The molecule has 0 saturated carbocycles. The fourth-order valence-electron chi connectivity index (χ4n) is 1.23. The van der Waals surface area contributed by atoms with E-state index in [0.29, 0.717) is 13.1 Å². The minimum atomic E-state index is 0.184. The topological polar surface area (TPSA) is 49.5 Å². The van der Waals surface area contributed by atoms with Gasteiger partial charge in [-0.1, -0.05) is 0 Å². The molecule has 5 heteroatoms. The molecule has 0 radical (unpaired) electrons. The van der Waals surface area contributed by atoms with Crippen molar-refractivity contribution in [1.29, 1.82) is 0 Å². The molecule has 0 fully saturated rings. The summed E-state index contributed by atoms with van der Waals surface area (Å²) in [7, 11) is 0. The summed E-state index contributed by atoms with van der Waals surface area (Å²) in [4.78, 5) is 3.43. The summed E-state index contributed by atoms with van der Waals surface area (Å²) in [5, 5.41) is 10.9. The molecule has 3 nitrogen and oxygen atoms in total.